The summed E-state index contributed by atoms with van der Waals surface area (Å²) in [4.78, 5) is 11.5. The normalized spacial score (nSPS) is 25.4. The van der Waals surface area contributed by atoms with E-state index in [4.69, 9.17) is 4.74 Å². The van der Waals surface area contributed by atoms with E-state index < -0.39 is 18.3 Å². The van der Waals surface area contributed by atoms with Gasteiger partial charge in [0.2, 0.25) is 0 Å². The van der Waals surface area contributed by atoms with E-state index in [2.05, 4.69) is 0 Å². The van der Waals surface area contributed by atoms with E-state index in [1.54, 1.807) is 6.08 Å². The number of hydrogen-bond acceptors (Lipinski definition) is 5. The molecule has 166 valence electrons. The predicted molar refractivity (Wildman–Crippen MR) is 118 cm³/mol. The molecule has 1 saturated carbocycles. The Morgan fingerprint density at radius 2 is 1.90 bits per heavy atom. The average Bonchev–Trinajstić information content (AvgIpc) is 2.95. The summed E-state index contributed by atoms with van der Waals surface area (Å²) < 4.78 is 5.11. The zero-order valence-electron chi connectivity index (χ0n) is 18.1. The number of ether oxygens (including phenoxy) is 1. The number of aliphatic hydroxyl groups excluding tert-OH is 3. The molecule has 30 heavy (non-hydrogen) atoms. The van der Waals surface area contributed by atoms with Crippen LogP contribution in [0.25, 0.3) is 0 Å². The fourth-order valence-corrected chi connectivity index (χ4v) is 3.94. The van der Waals surface area contributed by atoms with Crippen LogP contribution >= 0.6 is 0 Å². The summed E-state index contributed by atoms with van der Waals surface area (Å²) >= 11 is 0. The van der Waals surface area contributed by atoms with Crippen LogP contribution in [-0.4, -0.2) is 45.7 Å². The molecule has 2 rings (SSSR count). The number of benzene rings is 1. The first kappa shape index (κ1) is 24.3. The van der Waals surface area contributed by atoms with Gasteiger partial charge in [-0.25, -0.2) is 0 Å². The molecule has 5 heteroatoms. The van der Waals surface area contributed by atoms with Crippen LogP contribution in [0.2, 0.25) is 0 Å². The van der Waals surface area contributed by atoms with Crippen molar-refractivity contribution >= 4 is 5.97 Å². The Kier molecular flexibility index (Phi) is 10.3. The second kappa shape index (κ2) is 12.7. The maximum Gasteiger partial charge on any atom is 0.306 e. The fourth-order valence-electron chi connectivity index (χ4n) is 3.94. The van der Waals surface area contributed by atoms with Crippen LogP contribution in [0.15, 0.2) is 54.6 Å². The topological polar surface area (TPSA) is 87.0 Å². The smallest absolute Gasteiger partial charge is 0.306 e. The highest BCUT2D eigenvalue weighted by atomic mass is 16.5. The minimum atomic E-state index is -0.626. The van der Waals surface area contributed by atoms with Crippen molar-refractivity contribution < 1.29 is 24.9 Å². The van der Waals surface area contributed by atoms with Crippen LogP contribution in [0.5, 0.6) is 0 Å². The van der Waals surface area contributed by atoms with Gasteiger partial charge in [0.05, 0.1) is 24.4 Å². The molecule has 3 unspecified atom stereocenters. The molecule has 3 N–H and O–H groups in total. The molecular weight excluding hydrogens is 380 g/mol. The maximum absolute atomic E-state index is 11.5. The van der Waals surface area contributed by atoms with Crippen molar-refractivity contribution in [2.75, 3.05) is 0 Å². The van der Waals surface area contributed by atoms with Crippen molar-refractivity contribution in [3.05, 3.63) is 60.2 Å². The third-order valence-electron chi connectivity index (χ3n) is 5.45. The summed E-state index contributed by atoms with van der Waals surface area (Å²) in [5.74, 6) is -0.439. The SMILES string of the molecule is CC(C)OC(=O)CCC/C=C\C[C@H]1C(O)CC(O)[C@@H]1/C=C/C(O)Cc1ccccc1. The van der Waals surface area contributed by atoms with E-state index in [1.807, 2.05) is 62.4 Å². The first-order valence-electron chi connectivity index (χ1n) is 11.0. The van der Waals surface area contributed by atoms with Crippen LogP contribution in [0.4, 0.5) is 0 Å². The largest absolute Gasteiger partial charge is 0.463 e. The summed E-state index contributed by atoms with van der Waals surface area (Å²) in [5, 5.41) is 31.0. The van der Waals surface area contributed by atoms with Crippen molar-refractivity contribution in [1.29, 1.82) is 0 Å². The van der Waals surface area contributed by atoms with Crippen molar-refractivity contribution in [3.63, 3.8) is 0 Å². The Bertz CT molecular complexity index is 682. The molecule has 0 radical (unpaired) electrons. The molecule has 1 aliphatic rings. The van der Waals surface area contributed by atoms with Crippen molar-refractivity contribution in [2.24, 2.45) is 11.8 Å². The van der Waals surface area contributed by atoms with Gasteiger partial charge in [-0.3, -0.25) is 4.79 Å². The van der Waals surface area contributed by atoms with Crippen LogP contribution in [0, 0.1) is 11.8 Å². The number of unbranched alkanes of at least 4 members (excludes halogenated alkanes) is 1. The molecule has 1 aliphatic carbocycles. The van der Waals surface area contributed by atoms with Gasteiger partial charge in [0.1, 0.15) is 0 Å². The number of aliphatic hydroxyl groups is 3. The zero-order valence-corrected chi connectivity index (χ0v) is 18.1. The van der Waals surface area contributed by atoms with Crippen molar-refractivity contribution in [3.8, 4) is 0 Å². The molecule has 0 heterocycles. The summed E-state index contributed by atoms with van der Waals surface area (Å²) in [6.45, 7) is 3.68. The molecule has 0 aromatic heterocycles. The monoisotopic (exact) mass is 416 g/mol. The summed E-state index contributed by atoms with van der Waals surface area (Å²) in [5.41, 5.74) is 1.05. The minimum absolute atomic E-state index is 0.0812. The molecule has 0 aliphatic heterocycles. The van der Waals surface area contributed by atoms with Gasteiger partial charge in [-0.15, -0.1) is 0 Å². The molecule has 0 saturated heterocycles. The Balaban J connectivity index is 1.80. The maximum atomic E-state index is 11.5. The molecule has 5 atom stereocenters. The van der Waals surface area contributed by atoms with Gasteiger partial charge in [-0.1, -0.05) is 54.6 Å². The van der Waals surface area contributed by atoms with Crippen LogP contribution in [0.1, 0.15) is 51.5 Å². The molecule has 0 spiro atoms. The van der Waals surface area contributed by atoms with Gasteiger partial charge in [-0.05, 0) is 44.6 Å². The Morgan fingerprint density at radius 3 is 2.60 bits per heavy atom. The van der Waals surface area contributed by atoms with Crippen LogP contribution in [-0.2, 0) is 16.0 Å². The van der Waals surface area contributed by atoms with E-state index in [-0.39, 0.29) is 23.9 Å². The quantitative estimate of drug-likeness (QED) is 0.292. The third kappa shape index (κ3) is 8.42. The number of rotatable bonds is 11. The van der Waals surface area contributed by atoms with Gasteiger partial charge < -0.3 is 20.1 Å². The molecule has 1 aromatic carbocycles. The summed E-state index contributed by atoms with van der Waals surface area (Å²) in [6, 6.07) is 9.77. The van der Waals surface area contributed by atoms with E-state index in [0.29, 0.717) is 25.7 Å². The lowest BCUT2D eigenvalue weighted by molar-refractivity contribution is -0.147. The number of esters is 1. The van der Waals surface area contributed by atoms with Crippen molar-refractivity contribution in [2.45, 2.75) is 76.8 Å². The minimum Gasteiger partial charge on any atom is -0.463 e. The second-order valence-corrected chi connectivity index (χ2v) is 8.39. The lowest BCUT2D eigenvalue weighted by Crippen LogP contribution is -2.20. The van der Waals surface area contributed by atoms with Gasteiger partial charge in [0.25, 0.3) is 0 Å². The first-order chi connectivity index (χ1) is 14.4. The first-order valence-corrected chi connectivity index (χ1v) is 11.0. The van der Waals surface area contributed by atoms with Gasteiger partial charge in [0, 0.05) is 25.2 Å². The highest BCUT2D eigenvalue weighted by molar-refractivity contribution is 5.69. The van der Waals surface area contributed by atoms with E-state index in [1.165, 1.54) is 0 Å². The molecule has 0 bridgehead atoms. The molecule has 5 nitrogen and oxygen atoms in total. The molecule has 1 aromatic rings. The number of hydrogen-bond donors (Lipinski definition) is 3. The molecular formula is C25H36O5. The Morgan fingerprint density at radius 1 is 1.17 bits per heavy atom. The van der Waals surface area contributed by atoms with Crippen LogP contribution < -0.4 is 0 Å². The van der Waals surface area contributed by atoms with Gasteiger partial charge in [0.15, 0.2) is 0 Å². The second-order valence-electron chi connectivity index (χ2n) is 8.39. The van der Waals surface area contributed by atoms with E-state index in [9.17, 15) is 20.1 Å². The Hall–Kier alpha value is -1.95. The highest BCUT2D eigenvalue weighted by Gasteiger charge is 2.39. The van der Waals surface area contributed by atoms with E-state index >= 15 is 0 Å². The molecule has 1 fully saturated rings. The lowest BCUT2D eigenvalue weighted by atomic mass is 9.89. The van der Waals surface area contributed by atoms with Gasteiger partial charge in [-0.2, -0.15) is 0 Å². The van der Waals surface area contributed by atoms with E-state index in [0.717, 1.165) is 18.4 Å². The number of carbonyl (C=O) groups excluding carboxylic acids is 1. The zero-order chi connectivity index (χ0) is 21.9. The third-order valence-corrected chi connectivity index (χ3v) is 5.45. The Labute approximate surface area is 180 Å². The van der Waals surface area contributed by atoms with Gasteiger partial charge >= 0.3 is 5.97 Å². The predicted octanol–water partition coefficient (Wildman–Crippen LogP) is 3.57. The summed E-state index contributed by atoms with van der Waals surface area (Å²) in [6.07, 6.45) is 9.17. The van der Waals surface area contributed by atoms with Crippen molar-refractivity contribution in [1.82, 2.24) is 0 Å². The standard InChI is InChI=1S/C25H36O5/c1-18(2)30-25(29)13-9-4-3-8-12-21-22(24(28)17-23(21)27)15-14-20(26)16-19-10-6-5-7-11-19/h3,5-8,10-11,14-15,18,20-24,26-28H,4,9,12-13,16-17H2,1-2H3/b8-3-,15-14+/t20?,21-,22-,23?,24?/m1/s1. The highest BCUT2D eigenvalue weighted by Crippen LogP contribution is 2.36. The average molecular weight is 417 g/mol. The summed E-state index contributed by atoms with van der Waals surface area (Å²) in [7, 11) is 0. The lowest BCUT2D eigenvalue weighted by Gasteiger charge is -2.19. The fraction of sp³-hybridized carbons (Fsp3) is 0.560. The number of carbonyl (C=O) groups is 1. The van der Waals surface area contributed by atoms with Crippen LogP contribution in [0.3, 0.4) is 0 Å². The molecule has 0 amide bonds. The number of allylic oxidation sites excluding steroid dienone is 2.